The maximum Gasteiger partial charge on any atom is 0.387 e. The van der Waals surface area contributed by atoms with Crippen LogP contribution >= 0.6 is 35.4 Å². The molecule has 0 aromatic heterocycles. The number of thiocarbonyl (C=S) groups is 1. The first kappa shape index (κ1) is 18.5. The van der Waals surface area contributed by atoms with Crippen LogP contribution in [0.1, 0.15) is 0 Å². The van der Waals surface area contributed by atoms with Crippen LogP contribution in [-0.4, -0.2) is 18.8 Å². The minimum absolute atomic E-state index is 0.0310. The van der Waals surface area contributed by atoms with Crippen LogP contribution in [0.2, 0.25) is 10.0 Å². The van der Waals surface area contributed by atoms with Crippen LogP contribution in [0.5, 0.6) is 11.5 Å². The molecule has 0 aliphatic rings. The summed E-state index contributed by atoms with van der Waals surface area (Å²) in [7, 11) is 1.52. The van der Waals surface area contributed by atoms with Gasteiger partial charge in [0.25, 0.3) is 0 Å². The Morgan fingerprint density at radius 3 is 2.42 bits per heavy atom. The maximum absolute atomic E-state index is 12.2. The van der Waals surface area contributed by atoms with Crippen LogP contribution in [0.25, 0.3) is 0 Å². The van der Waals surface area contributed by atoms with Crippen molar-refractivity contribution in [2.24, 2.45) is 0 Å². The van der Waals surface area contributed by atoms with Crippen LogP contribution in [0.15, 0.2) is 36.4 Å². The number of nitrogens with one attached hydrogen (secondary N) is 2. The van der Waals surface area contributed by atoms with Gasteiger partial charge in [0.15, 0.2) is 5.11 Å². The fraction of sp³-hybridized carbons (Fsp3) is 0.133. The molecule has 0 unspecified atom stereocenters. The summed E-state index contributed by atoms with van der Waals surface area (Å²) in [4.78, 5) is 0. The first-order chi connectivity index (χ1) is 11.4. The lowest BCUT2D eigenvalue weighted by Gasteiger charge is -2.14. The highest BCUT2D eigenvalue weighted by atomic mass is 35.5. The lowest BCUT2D eigenvalue weighted by atomic mass is 10.3. The van der Waals surface area contributed by atoms with E-state index in [9.17, 15) is 8.78 Å². The first-order valence-electron chi connectivity index (χ1n) is 6.55. The van der Waals surface area contributed by atoms with Gasteiger partial charge in [-0.2, -0.15) is 8.78 Å². The van der Waals surface area contributed by atoms with Crippen molar-refractivity contribution in [3.05, 3.63) is 46.4 Å². The van der Waals surface area contributed by atoms with Gasteiger partial charge < -0.3 is 20.1 Å². The van der Waals surface area contributed by atoms with E-state index in [0.717, 1.165) is 0 Å². The fourth-order valence-corrected chi connectivity index (χ4v) is 2.46. The van der Waals surface area contributed by atoms with Crippen molar-refractivity contribution in [3.8, 4) is 11.5 Å². The summed E-state index contributed by atoms with van der Waals surface area (Å²) in [6, 6.07) is 9.28. The Kier molecular flexibility index (Phi) is 6.42. The van der Waals surface area contributed by atoms with Crippen LogP contribution < -0.4 is 20.1 Å². The molecule has 0 saturated heterocycles. The minimum atomic E-state index is -2.95. The van der Waals surface area contributed by atoms with Gasteiger partial charge in [0.05, 0.1) is 17.8 Å². The van der Waals surface area contributed by atoms with Gasteiger partial charge in [0.2, 0.25) is 0 Å². The molecule has 0 atom stereocenters. The number of alkyl halides is 2. The standard InChI is InChI=1S/C15H12Cl2F2N2O2S/c1-22-13-4-2-8(16)6-11(13)21-15(24)20-9-3-5-12(10(17)7-9)23-14(18)19/h2-7,14H,1H3,(H2,20,21,24). The number of ether oxygens (including phenoxy) is 2. The van der Waals surface area contributed by atoms with E-state index >= 15 is 0 Å². The quantitative estimate of drug-likeness (QED) is 0.665. The topological polar surface area (TPSA) is 42.5 Å². The number of anilines is 2. The predicted octanol–water partition coefficient (Wildman–Crippen LogP) is 5.41. The lowest BCUT2D eigenvalue weighted by molar-refractivity contribution is -0.0497. The van der Waals surface area contributed by atoms with Crippen LogP contribution in [0.3, 0.4) is 0 Å². The number of rotatable bonds is 5. The monoisotopic (exact) mass is 392 g/mol. The van der Waals surface area contributed by atoms with Gasteiger partial charge >= 0.3 is 6.61 Å². The Morgan fingerprint density at radius 1 is 1.08 bits per heavy atom. The highest BCUT2D eigenvalue weighted by Gasteiger charge is 2.10. The number of hydrogen-bond donors (Lipinski definition) is 2. The molecule has 2 rings (SSSR count). The number of benzene rings is 2. The second-order valence-corrected chi connectivity index (χ2v) is 5.70. The molecule has 0 aliphatic carbocycles. The number of halogens is 4. The third-order valence-electron chi connectivity index (χ3n) is 2.82. The Labute approximate surface area is 152 Å². The smallest absolute Gasteiger partial charge is 0.387 e. The Morgan fingerprint density at radius 2 is 1.79 bits per heavy atom. The van der Waals surface area contributed by atoms with Crippen molar-refractivity contribution in [2.75, 3.05) is 17.7 Å². The normalized spacial score (nSPS) is 10.4. The number of methoxy groups -OCH3 is 1. The van der Waals surface area contributed by atoms with E-state index in [2.05, 4.69) is 15.4 Å². The lowest BCUT2D eigenvalue weighted by Crippen LogP contribution is -2.19. The van der Waals surface area contributed by atoms with Gasteiger partial charge in [-0.1, -0.05) is 23.2 Å². The second kappa shape index (κ2) is 8.32. The van der Waals surface area contributed by atoms with Crippen molar-refractivity contribution in [3.63, 3.8) is 0 Å². The molecule has 9 heteroatoms. The molecule has 2 aromatic rings. The molecule has 0 spiro atoms. The van der Waals surface area contributed by atoms with Crippen molar-refractivity contribution in [1.29, 1.82) is 0 Å². The average molecular weight is 393 g/mol. The summed E-state index contributed by atoms with van der Waals surface area (Å²) in [5, 5.41) is 6.60. The Hall–Kier alpha value is -1.83. The zero-order valence-electron chi connectivity index (χ0n) is 12.3. The van der Waals surface area contributed by atoms with Gasteiger partial charge in [-0.25, -0.2) is 0 Å². The summed E-state index contributed by atoms with van der Waals surface area (Å²) >= 11 is 17.0. The van der Waals surface area contributed by atoms with E-state index in [1.807, 2.05) is 0 Å². The third kappa shape index (κ3) is 5.09. The van der Waals surface area contributed by atoms with Gasteiger partial charge in [-0.05, 0) is 48.6 Å². The minimum Gasteiger partial charge on any atom is -0.495 e. The average Bonchev–Trinajstić information content (AvgIpc) is 2.50. The van der Waals surface area contributed by atoms with Crippen molar-refractivity contribution in [1.82, 2.24) is 0 Å². The van der Waals surface area contributed by atoms with Gasteiger partial charge in [-0.15, -0.1) is 0 Å². The Bertz CT molecular complexity index is 747. The predicted molar refractivity (Wildman–Crippen MR) is 95.9 cm³/mol. The molecule has 24 heavy (non-hydrogen) atoms. The molecule has 0 radical (unpaired) electrons. The molecule has 0 saturated carbocycles. The van der Waals surface area contributed by atoms with E-state index in [-0.39, 0.29) is 15.9 Å². The molecule has 2 aromatic carbocycles. The maximum atomic E-state index is 12.2. The van der Waals surface area contributed by atoms with Crippen LogP contribution in [-0.2, 0) is 0 Å². The molecular weight excluding hydrogens is 381 g/mol. The first-order valence-corrected chi connectivity index (χ1v) is 7.71. The van der Waals surface area contributed by atoms with Gasteiger partial charge in [0, 0.05) is 10.7 Å². The highest BCUT2D eigenvalue weighted by molar-refractivity contribution is 7.80. The molecule has 0 heterocycles. The summed E-state index contributed by atoms with van der Waals surface area (Å²) in [5.74, 6) is 0.440. The largest absolute Gasteiger partial charge is 0.495 e. The molecule has 4 nitrogen and oxygen atoms in total. The zero-order chi connectivity index (χ0) is 17.7. The highest BCUT2D eigenvalue weighted by Crippen LogP contribution is 2.30. The summed E-state index contributed by atoms with van der Waals surface area (Å²) in [5.41, 5.74) is 1.08. The number of hydrogen-bond acceptors (Lipinski definition) is 3. The molecule has 0 amide bonds. The van der Waals surface area contributed by atoms with E-state index in [4.69, 9.17) is 40.2 Å². The van der Waals surface area contributed by atoms with Crippen molar-refractivity contribution >= 4 is 51.9 Å². The van der Waals surface area contributed by atoms with E-state index in [1.165, 1.54) is 25.3 Å². The van der Waals surface area contributed by atoms with E-state index < -0.39 is 6.61 Å². The fourth-order valence-electron chi connectivity index (χ4n) is 1.83. The summed E-state index contributed by atoms with van der Waals surface area (Å²) < 4.78 is 33.9. The molecule has 2 N–H and O–H groups in total. The van der Waals surface area contributed by atoms with E-state index in [0.29, 0.717) is 22.1 Å². The van der Waals surface area contributed by atoms with Crippen LogP contribution in [0, 0.1) is 0 Å². The van der Waals surface area contributed by atoms with Gasteiger partial charge in [0.1, 0.15) is 11.5 Å². The molecule has 0 bridgehead atoms. The van der Waals surface area contributed by atoms with Crippen LogP contribution in [0.4, 0.5) is 20.2 Å². The molecule has 0 fully saturated rings. The summed E-state index contributed by atoms with van der Waals surface area (Å²) in [6.07, 6.45) is 0. The van der Waals surface area contributed by atoms with E-state index in [1.54, 1.807) is 18.2 Å². The zero-order valence-corrected chi connectivity index (χ0v) is 14.6. The van der Waals surface area contributed by atoms with Crippen molar-refractivity contribution < 1.29 is 18.3 Å². The third-order valence-corrected chi connectivity index (χ3v) is 3.55. The summed E-state index contributed by atoms with van der Waals surface area (Å²) in [6.45, 7) is -2.95. The molecular formula is C15H12Cl2F2N2O2S. The second-order valence-electron chi connectivity index (χ2n) is 4.45. The van der Waals surface area contributed by atoms with Crippen molar-refractivity contribution in [2.45, 2.75) is 6.61 Å². The molecule has 128 valence electrons. The van der Waals surface area contributed by atoms with Gasteiger partial charge in [-0.3, -0.25) is 0 Å². The Balaban J connectivity index is 2.07. The molecule has 0 aliphatic heterocycles. The SMILES string of the molecule is COc1ccc(Cl)cc1NC(=S)Nc1ccc(OC(F)F)c(Cl)c1.